The van der Waals surface area contributed by atoms with Crippen molar-refractivity contribution in [3.8, 4) is 0 Å². The lowest BCUT2D eigenvalue weighted by atomic mass is 10.2. The number of nitrogens with one attached hydrogen (secondary N) is 1. The van der Waals surface area contributed by atoms with Gasteiger partial charge in [0, 0.05) is 18.9 Å². The number of ether oxygens (including phenoxy) is 1. The highest BCUT2D eigenvalue weighted by atomic mass is 16.5. The second kappa shape index (κ2) is 6.68. The predicted octanol–water partition coefficient (Wildman–Crippen LogP) is 2.66. The van der Waals surface area contributed by atoms with Crippen molar-refractivity contribution in [1.29, 1.82) is 0 Å². The molecule has 0 fully saturated rings. The molecule has 1 aromatic heterocycles. The first-order chi connectivity index (χ1) is 9.29. The molecule has 100 valence electrons. The van der Waals surface area contributed by atoms with E-state index in [1.807, 2.05) is 18.2 Å². The molecule has 5 heteroatoms. The lowest BCUT2D eigenvalue weighted by Gasteiger charge is -2.07. The summed E-state index contributed by atoms with van der Waals surface area (Å²) in [7, 11) is 0. The first-order valence-corrected chi connectivity index (χ1v) is 6.40. The van der Waals surface area contributed by atoms with Gasteiger partial charge in [-0.15, -0.1) is 0 Å². The van der Waals surface area contributed by atoms with Gasteiger partial charge in [0.1, 0.15) is 6.61 Å². The van der Waals surface area contributed by atoms with Gasteiger partial charge >= 0.3 is 6.09 Å². The number of alkyl carbamates (subject to hydrolysis) is 1. The van der Waals surface area contributed by atoms with E-state index in [9.17, 15) is 4.79 Å². The van der Waals surface area contributed by atoms with Crippen molar-refractivity contribution < 1.29 is 9.53 Å². The van der Waals surface area contributed by atoms with Gasteiger partial charge in [-0.05, 0) is 24.1 Å². The summed E-state index contributed by atoms with van der Waals surface area (Å²) in [6.45, 7) is 2.96. The zero-order chi connectivity index (χ0) is 13.5. The fourth-order valence-corrected chi connectivity index (χ4v) is 1.67. The first-order valence-electron chi connectivity index (χ1n) is 6.40. The second-order valence-corrected chi connectivity index (χ2v) is 4.24. The van der Waals surface area contributed by atoms with E-state index in [0.717, 1.165) is 29.4 Å². The van der Waals surface area contributed by atoms with Gasteiger partial charge in [0.2, 0.25) is 0 Å². The fourth-order valence-electron chi connectivity index (χ4n) is 1.67. The second-order valence-electron chi connectivity index (χ2n) is 4.24. The number of rotatable bonds is 5. The van der Waals surface area contributed by atoms with E-state index in [1.54, 1.807) is 12.4 Å². The van der Waals surface area contributed by atoms with Crippen LogP contribution in [-0.4, -0.2) is 22.6 Å². The van der Waals surface area contributed by atoms with Gasteiger partial charge < -0.3 is 10.1 Å². The third-order valence-corrected chi connectivity index (χ3v) is 2.70. The van der Waals surface area contributed by atoms with Crippen molar-refractivity contribution in [2.45, 2.75) is 26.4 Å². The van der Waals surface area contributed by atoms with Crippen LogP contribution in [-0.2, 0) is 11.3 Å². The largest absolute Gasteiger partial charge is 0.445 e. The summed E-state index contributed by atoms with van der Waals surface area (Å²) in [6, 6.07) is 5.63. The summed E-state index contributed by atoms with van der Waals surface area (Å²) in [5.41, 5.74) is 2.53. The average Bonchev–Trinajstić information content (AvgIpc) is 2.45. The van der Waals surface area contributed by atoms with Crippen LogP contribution in [0.5, 0.6) is 0 Å². The summed E-state index contributed by atoms with van der Waals surface area (Å²) in [5, 5.41) is 2.70. The van der Waals surface area contributed by atoms with Gasteiger partial charge in [-0.3, -0.25) is 9.97 Å². The highest BCUT2D eigenvalue weighted by Gasteiger charge is 2.03. The van der Waals surface area contributed by atoms with E-state index in [2.05, 4.69) is 22.2 Å². The third kappa shape index (κ3) is 3.91. The van der Waals surface area contributed by atoms with Crippen molar-refractivity contribution >= 4 is 17.1 Å². The summed E-state index contributed by atoms with van der Waals surface area (Å²) < 4.78 is 5.13. The molecule has 1 heterocycles. The average molecular weight is 259 g/mol. The summed E-state index contributed by atoms with van der Waals surface area (Å²) in [4.78, 5) is 19.8. The van der Waals surface area contributed by atoms with Crippen molar-refractivity contribution in [1.82, 2.24) is 15.3 Å². The van der Waals surface area contributed by atoms with Crippen LogP contribution < -0.4 is 5.32 Å². The minimum absolute atomic E-state index is 0.241. The monoisotopic (exact) mass is 259 g/mol. The number of nitrogens with zero attached hydrogens (tertiary/aromatic N) is 2. The van der Waals surface area contributed by atoms with Crippen LogP contribution in [0.2, 0.25) is 0 Å². The molecule has 0 aliphatic heterocycles. The van der Waals surface area contributed by atoms with Gasteiger partial charge in [-0.25, -0.2) is 4.79 Å². The van der Waals surface area contributed by atoms with Gasteiger partial charge in [0.15, 0.2) is 0 Å². The van der Waals surface area contributed by atoms with Crippen LogP contribution in [0.4, 0.5) is 4.79 Å². The number of benzene rings is 1. The quantitative estimate of drug-likeness (QED) is 0.838. The SMILES string of the molecule is CCCCNC(=O)OCc1ccc2nccnc2c1. The molecule has 5 nitrogen and oxygen atoms in total. The Kier molecular flexibility index (Phi) is 4.66. The van der Waals surface area contributed by atoms with E-state index in [1.165, 1.54) is 0 Å². The van der Waals surface area contributed by atoms with E-state index < -0.39 is 0 Å². The molecular weight excluding hydrogens is 242 g/mol. The van der Waals surface area contributed by atoms with Crippen LogP contribution >= 0.6 is 0 Å². The number of amides is 1. The summed E-state index contributed by atoms with van der Waals surface area (Å²) in [6.07, 6.45) is 4.92. The number of fused-ring (bicyclic) bond motifs is 1. The standard InChI is InChI=1S/C14H17N3O2/c1-2-3-6-17-14(18)19-10-11-4-5-12-13(9-11)16-8-7-15-12/h4-5,7-9H,2-3,6,10H2,1H3,(H,17,18). The van der Waals surface area contributed by atoms with Crippen molar-refractivity contribution in [2.24, 2.45) is 0 Å². The summed E-state index contributed by atoms with van der Waals surface area (Å²) >= 11 is 0. The molecule has 0 radical (unpaired) electrons. The zero-order valence-electron chi connectivity index (χ0n) is 10.9. The number of aromatic nitrogens is 2. The molecule has 0 spiro atoms. The summed E-state index contributed by atoms with van der Waals surface area (Å²) in [5.74, 6) is 0. The van der Waals surface area contributed by atoms with Crippen molar-refractivity contribution in [3.63, 3.8) is 0 Å². The van der Waals surface area contributed by atoms with E-state index in [0.29, 0.717) is 6.54 Å². The maximum absolute atomic E-state index is 11.4. The van der Waals surface area contributed by atoms with Crippen LogP contribution in [0.3, 0.4) is 0 Å². The molecule has 2 aromatic rings. The maximum atomic E-state index is 11.4. The Morgan fingerprint density at radius 2 is 2.05 bits per heavy atom. The molecule has 0 aliphatic rings. The van der Waals surface area contributed by atoms with Crippen LogP contribution in [0, 0.1) is 0 Å². The topological polar surface area (TPSA) is 64.1 Å². The molecule has 0 unspecified atom stereocenters. The van der Waals surface area contributed by atoms with Crippen molar-refractivity contribution in [3.05, 3.63) is 36.2 Å². The Bertz CT molecular complexity index is 557. The molecule has 0 aliphatic carbocycles. The molecule has 0 atom stereocenters. The van der Waals surface area contributed by atoms with Crippen LogP contribution in [0.25, 0.3) is 11.0 Å². The van der Waals surface area contributed by atoms with Gasteiger partial charge in [0.05, 0.1) is 11.0 Å². The van der Waals surface area contributed by atoms with Crippen molar-refractivity contribution in [2.75, 3.05) is 6.54 Å². The lowest BCUT2D eigenvalue weighted by Crippen LogP contribution is -2.25. The Morgan fingerprint density at radius 1 is 1.26 bits per heavy atom. The van der Waals surface area contributed by atoms with Gasteiger partial charge in [-0.2, -0.15) is 0 Å². The van der Waals surface area contributed by atoms with Crippen LogP contribution in [0.1, 0.15) is 25.3 Å². The lowest BCUT2D eigenvalue weighted by molar-refractivity contribution is 0.139. The van der Waals surface area contributed by atoms with E-state index in [4.69, 9.17) is 4.74 Å². The molecule has 1 amide bonds. The molecule has 0 bridgehead atoms. The Morgan fingerprint density at radius 3 is 2.84 bits per heavy atom. The van der Waals surface area contributed by atoms with E-state index >= 15 is 0 Å². The van der Waals surface area contributed by atoms with Crippen LogP contribution in [0.15, 0.2) is 30.6 Å². The zero-order valence-corrected chi connectivity index (χ0v) is 10.9. The normalized spacial score (nSPS) is 10.4. The predicted molar refractivity (Wildman–Crippen MR) is 72.6 cm³/mol. The number of hydrogen-bond donors (Lipinski definition) is 1. The molecule has 1 aromatic carbocycles. The minimum atomic E-state index is -0.382. The highest BCUT2D eigenvalue weighted by Crippen LogP contribution is 2.11. The maximum Gasteiger partial charge on any atom is 0.407 e. The smallest absolute Gasteiger partial charge is 0.407 e. The molecule has 2 rings (SSSR count). The third-order valence-electron chi connectivity index (χ3n) is 2.70. The Hall–Kier alpha value is -2.17. The Balaban J connectivity index is 1.89. The molecule has 0 saturated heterocycles. The molecule has 1 N–H and O–H groups in total. The van der Waals surface area contributed by atoms with E-state index in [-0.39, 0.29) is 12.7 Å². The molecule has 19 heavy (non-hydrogen) atoms. The number of carbonyl (C=O) groups is 1. The van der Waals surface area contributed by atoms with Gasteiger partial charge in [-0.1, -0.05) is 19.4 Å². The number of hydrogen-bond acceptors (Lipinski definition) is 4. The molecular formula is C14H17N3O2. The van der Waals surface area contributed by atoms with Gasteiger partial charge in [0.25, 0.3) is 0 Å². The number of unbranched alkanes of at least 4 members (excludes halogenated alkanes) is 1. The fraction of sp³-hybridized carbons (Fsp3) is 0.357. The number of carbonyl (C=O) groups excluding carboxylic acids is 1. The molecule has 0 saturated carbocycles. The Labute approximate surface area is 112 Å². The highest BCUT2D eigenvalue weighted by molar-refractivity contribution is 5.74. The first kappa shape index (κ1) is 13.3. The minimum Gasteiger partial charge on any atom is -0.445 e.